The van der Waals surface area contributed by atoms with Crippen molar-refractivity contribution in [2.24, 2.45) is 0 Å². The van der Waals surface area contributed by atoms with Crippen molar-refractivity contribution in [3.63, 3.8) is 0 Å². The van der Waals surface area contributed by atoms with Crippen LogP contribution in [0, 0.1) is 6.08 Å². The molecule has 0 saturated heterocycles. The van der Waals surface area contributed by atoms with Crippen LogP contribution in [0.1, 0.15) is 17.2 Å². The zero-order valence-electron chi connectivity index (χ0n) is 10.5. The smallest absolute Gasteiger partial charge is 0.601 e. The van der Waals surface area contributed by atoms with Gasteiger partial charge in [0, 0.05) is 17.7 Å². The average Bonchev–Trinajstić information content (AvgIpc) is 2.47. The molecule has 0 amide bonds. The minimum Gasteiger partial charge on any atom is -0.601 e. The lowest BCUT2D eigenvalue weighted by Gasteiger charge is -2.31. The van der Waals surface area contributed by atoms with Crippen LogP contribution in [0.5, 0.6) is 0 Å². The molecule has 1 heterocycles. The maximum atomic E-state index is 13.6. The summed E-state index contributed by atoms with van der Waals surface area (Å²) >= 11 is 0. The third-order valence-corrected chi connectivity index (χ3v) is 2.95. The molecule has 100 valence electrons. The monoisotopic (exact) mass is 272 g/mol. The second-order valence-electron chi connectivity index (χ2n) is 4.42. The Labute approximate surface area is 115 Å². The Morgan fingerprint density at radius 1 is 0.900 bits per heavy atom. The SMILES string of the molecule is F[B-]1(F)OC(c2ccccc2)=[C+]C(c2ccccc2)O1. The van der Waals surface area contributed by atoms with Gasteiger partial charge in [-0.2, -0.15) is 0 Å². The van der Waals surface area contributed by atoms with E-state index in [0.717, 1.165) is 0 Å². The Kier molecular flexibility index (Phi) is 3.22. The fourth-order valence-corrected chi connectivity index (χ4v) is 2.04. The molecule has 0 spiro atoms. The molecule has 1 atom stereocenters. The lowest BCUT2D eigenvalue weighted by Crippen LogP contribution is -2.36. The fraction of sp³-hybridized carbons (Fsp3) is 0.0667. The lowest BCUT2D eigenvalue weighted by atomic mass is 10.0. The standard InChI is InChI=1S/C15H11BF2O2/c17-16(18)19-14(12-7-3-1-4-8-12)11-15(20-16)13-9-5-2-6-10-13/h1-10,14H. The molecule has 0 fully saturated rings. The minimum absolute atomic E-state index is 0.0238. The molecule has 2 nitrogen and oxygen atoms in total. The molecule has 1 aliphatic heterocycles. The van der Waals surface area contributed by atoms with E-state index in [1.807, 2.05) is 6.07 Å². The van der Waals surface area contributed by atoms with E-state index < -0.39 is 13.2 Å². The highest BCUT2D eigenvalue weighted by molar-refractivity contribution is 6.53. The van der Waals surface area contributed by atoms with E-state index in [9.17, 15) is 8.63 Å². The van der Waals surface area contributed by atoms with Crippen molar-refractivity contribution in [3.8, 4) is 0 Å². The maximum absolute atomic E-state index is 13.6. The van der Waals surface area contributed by atoms with Gasteiger partial charge in [0.05, 0.1) is 0 Å². The number of rotatable bonds is 2. The fourth-order valence-electron chi connectivity index (χ4n) is 2.04. The molecular formula is C15H11BF2O2. The topological polar surface area (TPSA) is 18.5 Å². The summed E-state index contributed by atoms with van der Waals surface area (Å²) < 4.78 is 36.6. The van der Waals surface area contributed by atoms with Crippen molar-refractivity contribution in [2.45, 2.75) is 6.10 Å². The highest BCUT2D eigenvalue weighted by Crippen LogP contribution is 2.35. The van der Waals surface area contributed by atoms with Gasteiger partial charge in [-0.3, -0.25) is 0 Å². The Balaban J connectivity index is 1.99. The van der Waals surface area contributed by atoms with Gasteiger partial charge in [0.2, 0.25) is 0 Å². The van der Waals surface area contributed by atoms with Gasteiger partial charge in [0.1, 0.15) is 6.08 Å². The van der Waals surface area contributed by atoms with Gasteiger partial charge in [0.25, 0.3) is 0 Å². The van der Waals surface area contributed by atoms with Crippen LogP contribution < -0.4 is 0 Å². The molecule has 0 aliphatic carbocycles. The second-order valence-corrected chi connectivity index (χ2v) is 4.42. The van der Waals surface area contributed by atoms with Crippen LogP contribution in [0.15, 0.2) is 60.7 Å². The van der Waals surface area contributed by atoms with E-state index in [2.05, 4.69) is 15.4 Å². The van der Waals surface area contributed by atoms with Crippen molar-refractivity contribution in [2.75, 3.05) is 0 Å². The molecule has 0 bridgehead atoms. The molecule has 2 aromatic rings. The van der Waals surface area contributed by atoms with E-state index in [-0.39, 0.29) is 5.76 Å². The normalized spacial score (nSPS) is 20.5. The molecule has 5 heteroatoms. The highest BCUT2D eigenvalue weighted by atomic mass is 19.3. The van der Waals surface area contributed by atoms with Gasteiger partial charge >= 0.3 is 12.9 Å². The van der Waals surface area contributed by atoms with Gasteiger partial charge in [-0.1, -0.05) is 36.4 Å². The zero-order chi connectivity index (χ0) is 14.0. The highest BCUT2D eigenvalue weighted by Gasteiger charge is 2.43. The summed E-state index contributed by atoms with van der Waals surface area (Å²) in [6.45, 7) is 0. The summed E-state index contributed by atoms with van der Waals surface area (Å²) in [4.78, 5) is 0. The van der Waals surface area contributed by atoms with Gasteiger partial charge < -0.3 is 17.9 Å². The van der Waals surface area contributed by atoms with Crippen LogP contribution in [0.2, 0.25) is 0 Å². The van der Waals surface area contributed by atoms with E-state index in [1.165, 1.54) is 0 Å². The molecule has 2 aromatic carbocycles. The second kappa shape index (κ2) is 5.04. The van der Waals surface area contributed by atoms with Gasteiger partial charge in [-0.15, -0.1) is 0 Å². The molecular weight excluding hydrogens is 261 g/mol. The molecule has 0 aromatic heterocycles. The van der Waals surface area contributed by atoms with E-state index >= 15 is 0 Å². The summed E-state index contributed by atoms with van der Waals surface area (Å²) in [7, 11) is -4.35. The summed E-state index contributed by atoms with van der Waals surface area (Å²) in [6.07, 6.45) is 1.91. The molecule has 1 aliphatic rings. The zero-order valence-corrected chi connectivity index (χ0v) is 10.5. The van der Waals surface area contributed by atoms with Crippen LogP contribution in [0.4, 0.5) is 8.63 Å². The first-order chi connectivity index (χ1) is 9.64. The van der Waals surface area contributed by atoms with Gasteiger partial charge in [-0.05, 0) is 12.1 Å². The van der Waals surface area contributed by atoms with Crippen LogP contribution in [-0.2, 0) is 9.31 Å². The van der Waals surface area contributed by atoms with Crippen molar-refractivity contribution in [1.82, 2.24) is 0 Å². The number of hydrogen-bond donors (Lipinski definition) is 0. The number of halogens is 2. The van der Waals surface area contributed by atoms with Crippen molar-refractivity contribution in [3.05, 3.63) is 77.9 Å². The molecule has 0 N–H and O–H groups in total. The Hall–Kier alpha value is -2.23. The largest absolute Gasteiger partial charge is 0.668 e. The Bertz CT molecular complexity index is 614. The molecule has 20 heavy (non-hydrogen) atoms. The van der Waals surface area contributed by atoms with Crippen LogP contribution in [0.25, 0.3) is 5.76 Å². The predicted octanol–water partition coefficient (Wildman–Crippen LogP) is 3.99. The predicted molar refractivity (Wildman–Crippen MR) is 72.4 cm³/mol. The Morgan fingerprint density at radius 2 is 1.50 bits per heavy atom. The van der Waals surface area contributed by atoms with Crippen molar-refractivity contribution < 1.29 is 17.9 Å². The van der Waals surface area contributed by atoms with E-state index in [0.29, 0.717) is 11.1 Å². The first-order valence-electron chi connectivity index (χ1n) is 6.25. The van der Waals surface area contributed by atoms with Crippen LogP contribution in [-0.4, -0.2) is 7.11 Å². The summed E-state index contributed by atoms with van der Waals surface area (Å²) in [5.41, 5.74) is 1.17. The van der Waals surface area contributed by atoms with Crippen molar-refractivity contribution in [1.29, 1.82) is 0 Å². The lowest BCUT2D eigenvalue weighted by molar-refractivity contribution is 0.0814. The number of benzene rings is 2. The van der Waals surface area contributed by atoms with E-state index in [4.69, 9.17) is 0 Å². The third-order valence-electron chi connectivity index (χ3n) is 2.95. The minimum atomic E-state index is -4.35. The molecule has 0 radical (unpaired) electrons. The first-order valence-corrected chi connectivity index (χ1v) is 6.25. The van der Waals surface area contributed by atoms with Gasteiger partial charge in [0.15, 0.2) is 11.7 Å². The summed E-state index contributed by atoms with van der Waals surface area (Å²) in [5.74, 6) is 0.0238. The maximum Gasteiger partial charge on any atom is 0.668 e. The molecule has 0 saturated carbocycles. The summed E-state index contributed by atoms with van der Waals surface area (Å²) in [6, 6.07) is 17.5. The van der Waals surface area contributed by atoms with Crippen LogP contribution in [0.3, 0.4) is 0 Å². The third kappa shape index (κ3) is 2.69. The molecule has 3 rings (SSSR count). The van der Waals surface area contributed by atoms with Crippen LogP contribution >= 0.6 is 0 Å². The number of hydrogen-bond acceptors (Lipinski definition) is 2. The Morgan fingerprint density at radius 3 is 2.15 bits per heavy atom. The molecule has 1 unspecified atom stereocenters. The van der Waals surface area contributed by atoms with Crippen molar-refractivity contribution >= 4 is 12.9 Å². The first kappa shape index (κ1) is 12.8. The van der Waals surface area contributed by atoms with Gasteiger partial charge in [-0.25, -0.2) is 0 Å². The quantitative estimate of drug-likeness (QED) is 0.607. The summed E-state index contributed by atoms with van der Waals surface area (Å²) in [5, 5.41) is 0. The average molecular weight is 272 g/mol. The van der Waals surface area contributed by atoms with E-state index in [1.54, 1.807) is 54.6 Å².